The van der Waals surface area contributed by atoms with Crippen molar-refractivity contribution in [3.63, 3.8) is 0 Å². The number of carbonyl (C=O) groups is 1. The Morgan fingerprint density at radius 3 is 2.47 bits per heavy atom. The third-order valence-electron chi connectivity index (χ3n) is 5.30. The Bertz CT molecular complexity index is 1480. The van der Waals surface area contributed by atoms with Crippen molar-refractivity contribution >= 4 is 44.7 Å². The van der Waals surface area contributed by atoms with Gasteiger partial charge in [0.05, 0.1) is 24.4 Å². The van der Waals surface area contributed by atoms with Crippen molar-refractivity contribution in [3.05, 3.63) is 92.1 Å². The number of nitrogens with zero attached hydrogens (tertiary/aromatic N) is 2. The van der Waals surface area contributed by atoms with Gasteiger partial charge in [-0.1, -0.05) is 0 Å². The fraction of sp³-hybridized carbons (Fsp3) is 0.185. The van der Waals surface area contributed by atoms with Crippen LogP contribution in [0.1, 0.15) is 35.5 Å². The lowest BCUT2D eigenvalue weighted by Gasteiger charge is -2.14. The molecule has 0 bridgehead atoms. The van der Waals surface area contributed by atoms with Crippen molar-refractivity contribution in [1.29, 1.82) is 0 Å². The Labute approximate surface area is 226 Å². The molecule has 0 atom stereocenters. The number of halogens is 1. The van der Waals surface area contributed by atoms with Crippen LogP contribution >= 0.6 is 15.9 Å². The number of amides is 1. The molecule has 10 nitrogen and oxygen atoms in total. The number of ether oxygens (including phenoxy) is 3. The van der Waals surface area contributed by atoms with Gasteiger partial charge in [-0.05, 0) is 83.9 Å². The summed E-state index contributed by atoms with van der Waals surface area (Å²) in [7, 11) is 0. The number of non-ortho nitro benzene ring substituents is 1. The number of rotatable bonds is 11. The highest BCUT2D eigenvalue weighted by Gasteiger charge is 2.14. The Morgan fingerprint density at radius 2 is 1.76 bits per heavy atom. The van der Waals surface area contributed by atoms with Gasteiger partial charge >= 0.3 is 5.91 Å². The lowest BCUT2D eigenvalue weighted by molar-refractivity contribution is -0.384. The molecule has 0 unspecified atom stereocenters. The summed E-state index contributed by atoms with van der Waals surface area (Å²) in [6, 6.07) is 16.5. The molecule has 3 aromatic carbocycles. The molecule has 1 amide bonds. The Balaban J connectivity index is 1.44. The zero-order valence-electron chi connectivity index (χ0n) is 20.6. The standard InChI is InChI=1S/C27H24BrN3O7/c1-3-35-21-9-10-23-18(11-21)12-26(38-23)27(32)30-29-15-19-13-24(36-4-2)25(14-22(19)28)37-16-17-5-7-20(8-6-17)31(33)34/h5-15H,3-4,16H2,1-2H3,(H,30,32)/b29-15+. The first-order valence-electron chi connectivity index (χ1n) is 11.7. The van der Waals surface area contributed by atoms with Crippen LogP contribution in [0.15, 0.2) is 74.7 Å². The van der Waals surface area contributed by atoms with Crippen LogP contribution in [0.2, 0.25) is 0 Å². The second-order valence-electron chi connectivity index (χ2n) is 7.91. The Kier molecular flexibility index (Phi) is 8.59. The topological polar surface area (TPSA) is 125 Å². The van der Waals surface area contributed by atoms with E-state index >= 15 is 0 Å². The molecule has 4 rings (SSSR count). The maximum atomic E-state index is 12.6. The van der Waals surface area contributed by atoms with Gasteiger partial charge in [-0.25, -0.2) is 5.43 Å². The van der Waals surface area contributed by atoms with E-state index in [0.29, 0.717) is 46.1 Å². The van der Waals surface area contributed by atoms with Crippen molar-refractivity contribution in [2.45, 2.75) is 20.5 Å². The van der Waals surface area contributed by atoms with Crippen LogP contribution in [-0.2, 0) is 6.61 Å². The largest absolute Gasteiger partial charge is 0.494 e. The number of carbonyl (C=O) groups excluding carboxylic acids is 1. The third-order valence-corrected chi connectivity index (χ3v) is 5.98. The normalized spacial score (nSPS) is 11.0. The minimum absolute atomic E-state index is 0.0123. The van der Waals surface area contributed by atoms with Crippen LogP contribution in [-0.4, -0.2) is 30.3 Å². The van der Waals surface area contributed by atoms with E-state index in [9.17, 15) is 14.9 Å². The summed E-state index contributed by atoms with van der Waals surface area (Å²) < 4.78 is 23.4. The van der Waals surface area contributed by atoms with Crippen LogP contribution in [0.25, 0.3) is 11.0 Å². The highest BCUT2D eigenvalue weighted by molar-refractivity contribution is 9.10. The first-order chi connectivity index (χ1) is 18.4. The maximum Gasteiger partial charge on any atom is 0.307 e. The van der Waals surface area contributed by atoms with Gasteiger partial charge in [-0.2, -0.15) is 5.10 Å². The average Bonchev–Trinajstić information content (AvgIpc) is 3.33. The molecular formula is C27H24BrN3O7. The summed E-state index contributed by atoms with van der Waals surface area (Å²) in [5, 5.41) is 15.6. The number of benzene rings is 3. The van der Waals surface area contributed by atoms with Crippen LogP contribution in [0.3, 0.4) is 0 Å². The third kappa shape index (κ3) is 6.48. The van der Waals surface area contributed by atoms with Gasteiger partial charge in [0.15, 0.2) is 17.3 Å². The molecule has 1 aromatic heterocycles. The molecule has 38 heavy (non-hydrogen) atoms. The summed E-state index contributed by atoms with van der Waals surface area (Å²) in [4.78, 5) is 22.9. The molecule has 0 saturated heterocycles. The molecular weight excluding hydrogens is 558 g/mol. The van der Waals surface area contributed by atoms with Gasteiger partial charge in [0.25, 0.3) is 5.69 Å². The quantitative estimate of drug-likeness (QED) is 0.126. The monoisotopic (exact) mass is 581 g/mol. The number of fused-ring (bicyclic) bond motifs is 1. The molecule has 1 N–H and O–H groups in total. The molecule has 0 radical (unpaired) electrons. The molecule has 1 heterocycles. The molecule has 196 valence electrons. The van der Waals surface area contributed by atoms with E-state index in [-0.39, 0.29) is 18.1 Å². The van der Waals surface area contributed by atoms with Gasteiger partial charge < -0.3 is 18.6 Å². The number of hydrogen-bond donors (Lipinski definition) is 1. The van der Waals surface area contributed by atoms with Gasteiger partial charge in [0.1, 0.15) is 17.9 Å². The minimum atomic E-state index is -0.500. The van der Waals surface area contributed by atoms with E-state index in [1.54, 1.807) is 48.5 Å². The first-order valence-corrected chi connectivity index (χ1v) is 12.5. The number of nitro groups is 1. The van der Waals surface area contributed by atoms with Crippen LogP contribution in [0.5, 0.6) is 17.2 Å². The summed E-state index contributed by atoms with van der Waals surface area (Å²) >= 11 is 3.49. The maximum absolute atomic E-state index is 12.6. The zero-order valence-corrected chi connectivity index (χ0v) is 22.2. The van der Waals surface area contributed by atoms with E-state index in [0.717, 1.165) is 10.9 Å². The molecule has 0 fully saturated rings. The van der Waals surface area contributed by atoms with Crippen LogP contribution in [0, 0.1) is 10.1 Å². The second-order valence-corrected chi connectivity index (χ2v) is 8.76. The van der Waals surface area contributed by atoms with Crippen molar-refractivity contribution in [2.75, 3.05) is 13.2 Å². The van der Waals surface area contributed by atoms with Gasteiger partial charge in [0, 0.05) is 27.6 Å². The van der Waals surface area contributed by atoms with E-state index in [4.69, 9.17) is 18.6 Å². The number of hydrazone groups is 1. The SMILES string of the molecule is CCOc1ccc2oc(C(=O)N/N=C/c3cc(OCC)c(OCc4ccc([N+](=O)[O-])cc4)cc3Br)cc2c1. The van der Waals surface area contributed by atoms with Gasteiger partial charge in [-0.3, -0.25) is 14.9 Å². The van der Waals surface area contributed by atoms with Crippen molar-refractivity contribution in [1.82, 2.24) is 5.43 Å². The highest BCUT2D eigenvalue weighted by Crippen LogP contribution is 2.34. The molecule has 0 aliphatic rings. The van der Waals surface area contributed by atoms with E-state index in [1.807, 2.05) is 13.8 Å². The fourth-order valence-corrected chi connectivity index (χ4v) is 3.94. The smallest absolute Gasteiger partial charge is 0.307 e. The van der Waals surface area contributed by atoms with Crippen molar-refractivity contribution < 1.29 is 28.3 Å². The Morgan fingerprint density at radius 1 is 1.03 bits per heavy atom. The number of furan rings is 1. The van der Waals surface area contributed by atoms with E-state index < -0.39 is 10.8 Å². The molecule has 4 aromatic rings. The number of nitro benzene ring substituents is 1. The molecule has 0 aliphatic heterocycles. The minimum Gasteiger partial charge on any atom is -0.494 e. The number of hydrogen-bond acceptors (Lipinski definition) is 8. The summed E-state index contributed by atoms with van der Waals surface area (Å²) in [6.07, 6.45) is 1.47. The second kappa shape index (κ2) is 12.2. The summed E-state index contributed by atoms with van der Waals surface area (Å²) in [5.41, 5.74) is 4.45. The average molecular weight is 582 g/mol. The first kappa shape index (κ1) is 26.7. The zero-order chi connectivity index (χ0) is 27.1. The highest BCUT2D eigenvalue weighted by atomic mass is 79.9. The van der Waals surface area contributed by atoms with Crippen LogP contribution in [0.4, 0.5) is 5.69 Å². The van der Waals surface area contributed by atoms with Gasteiger partial charge in [-0.15, -0.1) is 0 Å². The van der Waals surface area contributed by atoms with E-state index in [1.165, 1.54) is 18.3 Å². The fourth-order valence-electron chi connectivity index (χ4n) is 3.51. The summed E-state index contributed by atoms with van der Waals surface area (Å²) in [6.45, 7) is 4.88. The van der Waals surface area contributed by atoms with Crippen LogP contribution < -0.4 is 19.6 Å². The predicted octanol–water partition coefficient (Wildman–Crippen LogP) is 6.24. The lowest BCUT2D eigenvalue weighted by Crippen LogP contribution is -2.16. The number of nitrogens with one attached hydrogen (secondary N) is 1. The van der Waals surface area contributed by atoms with E-state index in [2.05, 4.69) is 26.5 Å². The molecule has 11 heteroatoms. The van der Waals surface area contributed by atoms with Crippen molar-refractivity contribution in [2.24, 2.45) is 5.10 Å². The van der Waals surface area contributed by atoms with Crippen molar-refractivity contribution in [3.8, 4) is 17.2 Å². The van der Waals surface area contributed by atoms with Gasteiger partial charge in [0.2, 0.25) is 0 Å². The Hall–Kier alpha value is -4.38. The predicted molar refractivity (Wildman–Crippen MR) is 145 cm³/mol. The lowest BCUT2D eigenvalue weighted by atomic mass is 10.2. The molecule has 0 spiro atoms. The molecule has 0 aliphatic carbocycles. The molecule has 0 saturated carbocycles. The summed E-state index contributed by atoms with van der Waals surface area (Å²) in [5.74, 6) is 1.27.